The van der Waals surface area contributed by atoms with Gasteiger partial charge in [0.15, 0.2) is 0 Å². The molecule has 0 radical (unpaired) electrons. The largest absolute Gasteiger partial charge is 0.481 e. The van der Waals surface area contributed by atoms with Crippen LogP contribution < -0.4 is 0 Å². The predicted molar refractivity (Wildman–Crippen MR) is 69.1 cm³/mol. The molecular weight excluding hydrogens is 268 g/mol. The van der Waals surface area contributed by atoms with Crippen LogP contribution >= 0.6 is 0 Å². The van der Waals surface area contributed by atoms with Crippen molar-refractivity contribution in [1.29, 1.82) is 0 Å². The van der Waals surface area contributed by atoms with E-state index in [-0.39, 0.29) is 18.7 Å². The number of rotatable bonds is 6. The first kappa shape index (κ1) is 16.1. The lowest BCUT2D eigenvalue weighted by Crippen LogP contribution is -2.37. The number of hydrogen-bond acceptors (Lipinski definition) is 2. The SMILES string of the molecule is CCN(CC(C)C(=O)O)C(=O)Cc1c(F)cccc1F. The van der Waals surface area contributed by atoms with Gasteiger partial charge in [0.1, 0.15) is 11.6 Å². The van der Waals surface area contributed by atoms with Gasteiger partial charge in [-0.1, -0.05) is 13.0 Å². The van der Waals surface area contributed by atoms with E-state index in [1.807, 2.05) is 0 Å². The van der Waals surface area contributed by atoms with Crippen LogP contribution in [0.2, 0.25) is 0 Å². The Balaban J connectivity index is 2.80. The number of halogens is 2. The van der Waals surface area contributed by atoms with Crippen LogP contribution in [0.4, 0.5) is 8.78 Å². The highest BCUT2D eigenvalue weighted by Gasteiger charge is 2.21. The molecule has 110 valence electrons. The van der Waals surface area contributed by atoms with Crippen LogP contribution in [-0.4, -0.2) is 35.0 Å². The minimum Gasteiger partial charge on any atom is -0.481 e. The summed E-state index contributed by atoms with van der Waals surface area (Å²) in [4.78, 5) is 24.1. The van der Waals surface area contributed by atoms with E-state index in [0.717, 1.165) is 12.1 Å². The third-order valence-electron chi connectivity index (χ3n) is 3.04. The molecule has 0 aliphatic carbocycles. The summed E-state index contributed by atoms with van der Waals surface area (Å²) in [6.07, 6.45) is -0.418. The fourth-order valence-electron chi connectivity index (χ4n) is 1.78. The average molecular weight is 285 g/mol. The summed E-state index contributed by atoms with van der Waals surface area (Å²) in [5.74, 6) is -3.80. The van der Waals surface area contributed by atoms with Crippen molar-refractivity contribution in [2.45, 2.75) is 20.3 Å². The van der Waals surface area contributed by atoms with Gasteiger partial charge in [0.2, 0.25) is 5.91 Å². The Kier molecular flexibility index (Phi) is 5.61. The Hall–Kier alpha value is -1.98. The minimum atomic E-state index is -1.02. The smallest absolute Gasteiger partial charge is 0.308 e. The van der Waals surface area contributed by atoms with Crippen molar-refractivity contribution in [3.05, 3.63) is 35.4 Å². The Bertz CT molecular complexity index is 485. The monoisotopic (exact) mass is 285 g/mol. The molecule has 1 unspecified atom stereocenters. The molecule has 1 N–H and O–H groups in total. The molecule has 0 spiro atoms. The van der Waals surface area contributed by atoms with E-state index < -0.39 is 35.8 Å². The average Bonchev–Trinajstić information content (AvgIpc) is 2.39. The summed E-state index contributed by atoms with van der Waals surface area (Å²) in [7, 11) is 0. The normalized spacial score (nSPS) is 12.0. The van der Waals surface area contributed by atoms with Crippen molar-refractivity contribution in [3.63, 3.8) is 0 Å². The Morgan fingerprint density at radius 1 is 1.30 bits per heavy atom. The van der Waals surface area contributed by atoms with E-state index in [2.05, 4.69) is 0 Å². The van der Waals surface area contributed by atoms with E-state index in [4.69, 9.17) is 5.11 Å². The van der Waals surface area contributed by atoms with Gasteiger partial charge in [-0.05, 0) is 19.1 Å². The van der Waals surface area contributed by atoms with Crippen molar-refractivity contribution in [2.75, 3.05) is 13.1 Å². The molecule has 20 heavy (non-hydrogen) atoms. The van der Waals surface area contributed by atoms with Gasteiger partial charge in [-0.15, -0.1) is 0 Å². The maximum Gasteiger partial charge on any atom is 0.308 e. The second kappa shape index (κ2) is 6.98. The maximum atomic E-state index is 13.5. The van der Waals surface area contributed by atoms with Gasteiger partial charge in [-0.2, -0.15) is 0 Å². The zero-order valence-electron chi connectivity index (χ0n) is 11.4. The second-order valence-electron chi connectivity index (χ2n) is 4.55. The van der Waals surface area contributed by atoms with Gasteiger partial charge >= 0.3 is 5.97 Å². The second-order valence-corrected chi connectivity index (χ2v) is 4.55. The van der Waals surface area contributed by atoms with Gasteiger partial charge in [0.25, 0.3) is 0 Å². The lowest BCUT2D eigenvalue weighted by molar-refractivity contribution is -0.142. The molecule has 0 aromatic heterocycles. The van der Waals surface area contributed by atoms with Gasteiger partial charge in [-0.3, -0.25) is 9.59 Å². The number of carboxylic acids is 1. The summed E-state index contributed by atoms with van der Waals surface area (Å²) >= 11 is 0. The van der Waals surface area contributed by atoms with Crippen LogP contribution in [0.3, 0.4) is 0 Å². The molecule has 1 aromatic carbocycles. The standard InChI is InChI=1S/C14H17F2NO3/c1-3-17(8-9(2)14(19)20)13(18)7-10-11(15)5-4-6-12(10)16/h4-6,9H,3,7-8H2,1-2H3,(H,19,20). The number of carbonyl (C=O) groups is 2. The highest BCUT2D eigenvalue weighted by atomic mass is 19.1. The molecule has 1 atom stereocenters. The molecule has 0 aliphatic heterocycles. The number of nitrogens with zero attached hydrogens (tertiary/aromatic N) is 1. The molecular formula is C14H17F2NO3. The highest BCUT2D eigenvalue weighted by Crippen LogP contribution is 2.14. The minimum absolute atomic E-state index is 0.0146. The van der Waals surface area contributed by atoms with Crippen LogP contribution in [0.25, 0.3) is 0 Å². The Labute approximate surface area is 116 Å². The molecule has 0 bridgehead atoms. The first-order valence-corrected chi connectivity index (χ1v) is 6.30. The number of amides is 1. The molecule has 0 saturated carbocycles. The molecule has 0 aliphatic rings. The third-order valence-corrected chi connectivity index (χ3v) is 3.04. The van der Waals surface area contributed by atoms with E-state index in [0.29, 0.717) is 0 Å². The number of hydrogen-bond donors (Lipinski definition) is 1. The van der Waals surface area contributed by atoms with Gasteiger partial charge in [0.05, 0.1) is 12.3 Å². The van der Waals surface area contributed by atoms with Crippen molar-refractivity contribution >= 4 is 11.9 Å². The number of carbonyl (C=O) groups excluding carboxylic acids is 1. The summed E-state index contributed by atoms with van der Waals surface area (Å²) < 4.78 is 26.9. The summed E-state index contributed by atoms with van der Waals surface area (Å²) in [6, 6.07) is 3.40. The van der Waals surface area contributed by atoms with Crippen LogP contribution in [0.15, 0.2) is 18.2 Å². The molecule has 1 aromatic rings. The zero-order valence-corrected chi connectivity index (χ0v) is 11.4. The van der Waals surface area contributed by atoms with Crippen LogP contribution in [0.1, 0.15) is 19.4 Å². The van der Waals surface area contributed by atoms with Crippen LogP contribution in [0.5, 0.6) is 0 Å². The van der Waals surface area contributed by atoms with Crippen molar-refractivity contribution in [1.82, 2.24) is 4.90 Å². The third kappa shape index (κ3) is 4.01. The Morgan fingerprint density at radius 2 is 1.85 bits per heavy atom. The first-order chi connectivity index (χ1) is 9.36. The number of carboxylic acid groups (broad SMARTS) is 1. The molecule has 0 heterocycles. The number of likely N-dealkylation sites (N-methyl/N-ethyl adjacent to an activating group) is 1. The van der Waals surface area contributed by atoms with Crippen LogP contribution in [0, 0.1) is 17.6 Å². The van der Waals surface area contributed by atoms with E-state index in [1.54, 1.807) is 6.92 Å². The lowest BCUT2D eigenvalue weighted by atomic mass is 10.1. The fraction of sp³-hybridized carbons (Fsp3) is 0.429. The van der Waals surface area contributed by atoms with Crippen molar-refractivity contribution in [2.24, 2.45) is 5.92 Å². The molecule has 6 heteroatoms. The summed E-state index contributed by atoms with van der Waals surface area (Å²) in [5, 5.41) is 8.83. The number of aliphatic carboxylic acids is 1. The topological polar surface area (TPSA) is 57.6 Å². The van der Waals surface area contributed by atoms with Crippen LogP contribution in [-0.2, 0) is 16.0 Å². The van der Waals surface area contributed by atoms with E-state index in [9.17, 15) is 18.4 Å². The van der Waals surface area contributed by atoms with Crippen molar-refractivity contribution in [3.8, 4) is 0 Å². The quantitative estimate of drug-likeness (QED) is 0.870. The molecule has 4 nitrogen and oxygen atoms in total. The van der Waals surface area contributed by atoms with Gasteiger partial charge < -0.3 is 10.0 Å². The molecule has 0 saturated heterocycles. The van der Waals surface area contributed by atoms with Crippen molar-refractivity contribution < 1.29 is 23.5 Å². The summed E-state index contributed by atoms with van der Waals surface area (Å²) in [6.45, 7) is 3.46. The molecule has 0 fully saturated rings. The first-order valence-electron chi connectivity index (χ1n) is 6.30. The van der Waals surface area contributed by atoms with Gasteiger partial charge in [-0.25, -0.2) is 8.78 Å². The number of benzene rings is 1. The Morgan fingerprint density at radius 3 is 2.30 bits per heavy atom. The molecule has 1 amide bonds. The van der Waals surface area contributed by atoms with E-state index >= 15 is 0 Å². The molecule has 1 rings (SSSR count). The van der Waals surface area contributed by atoms with E-state index in [1.165, 1.54) is 17.9 Å². The zero-order chi connectivity index (χ0) is 15.3. The maximum absolute atomic E-state index is 13.5. The highest BCUT2D eigenvalue weighted by molar-refractivity contribution is 5.79. The summed E-state index contributed by atoms with van der Waals surface area (Å²) in [5.41, 5.74) is -0.293. The predicted octanol–water partition coefficient (Wildman–Crippen LogP) is 2.08. The fourth-order valence-corrected chi connectivity index (χ4v) is 1.78. The van der Waals surface area contributed by atoms with Gasteiger partial charge in [0, 0.05) is 18.7 Å². The lowest BCUT2D eigenvalue weighted by Gasteiger charge is -2.23.